The predicted octanol–water partition coefficient (Wildman–Crippen LogP) is 3.80. The van der Waals surface area contributed by atoms with Gasteiger partial charge in [-0.3, -0.25) is 14.5 Å². The first kappa shape index (κ1) is 21.5. The second-order valence-corrected chi connectivity index (χ2v) is 7.78. The van der Waals surface area contributed by atoms with Gasteiger partial charge in [0.25, 0.3) is 0 Å². The highest BCUT2D eigenvalue weighted by atomic mass is 16.6. The minimum atomic E-state index is -0.179. The van der Waals surface area contributed by atoms with Crippen molar-refractivity contribution in [3.8, 4) is 0 Å². The Kier molecular flexibility index (Phi) is 8.68. The zero-order chi connectivity index (χ0) is 20.3. The average molecular weight is 397 g/mol. The summed E-state index contributed by atoms with van der Waals surface area (Å²) in [4.78, 5) is 20.3. The van der Waals surface area contributed by atoms with Gasteiger partial charge in [0.1, 0.15) is 0 Å². The number of esters is 1. The van der Waals surface area contributed by atoms with Crippen molar-refractivity contribution in [3.05, 3.63) is 71.8 Å². The molecule has 0 bridgehead atoms. The summed E-state index contributed by atoms with van der Waals surface area (Å²) < 4.78 is 5.02. The summed E-state index contributed by atoms with van der Waals surface area (Å²) in [6, 6.07) is 20.6. The lowest BCUT2D eigenvalue weighted by atomic mass is 9.87. The van der Waals surface area contributed by atoms with E-state index in [-0.39, 0.29) is 11.9 Å². The molecule has 5 heteroatoms. The third-order valence-corrected chi connectivity index (χ3v) is 5.62. The SMILES string of the molecule is COC(=O)C(CNOCc1ccccc1)CC1CCN(Cc2ccccc2)CC1. The molecule has 29 heavy (non-hydrogen) atoms. The Balaban J connectivity index is 1.40. The van der Waals surface area contributed by atoms with Gasteiger partial charge in [0.2, 0.25) is 0 Å². The highest BCUT2D eigenvalue weighted by molar-refractivity contribution is 5.72. The first-order valence-corrected chi connectivity index (χ1v) is 10.5. The number of nitrogens with zero attached hydrogens (tertiary/aromatic N) is 1. The van der Waals surface area contributed by atoms with Gasteiger partial charge >= 0.3 is 5.97 Å². The Morgan fingerprint density at radius 2 is 1.66 bits per heavy atom. The maximum absolute atomic E-state index is 12.2. The van der Waals surface area contributed by atoms with E-state index >= 15 is 0 Å². The van der Waals surface area contributed by atoms with Crippen LogP contribution in [-0.4, -0.2) is 37.6 Å². The van der Waals surface area contributed by atoms with Crippen LogP contribution in [0.15, 0.2) is 60.7 Å². The van der Waals surface area contributed by atoms with Crippen LogP contribution < -0.4 is 5.48 Å². The molecular formula is C24H32N2O3. The lowest BCUT2D eigenvalue weighted by Gasteiger charge is -2.33. The first-order valence-electron chi connectivity index (χ1n) is 10.5. The van der Waals surface area contributed by atoms with Crippen LogP contribution in [0.4, 0.5) is 0 Å². The van der Waals surface area contributed by atoms with Crippen molar-refractivity contribution >= 4 is 5.97 Å². The topological polar surface area (TPSA) is 50.8 Å². The van der Waals surface area contributed by atoms with E-state index in [9.17, 15) is 4.79 Å². The molecule has 1 unspecified atom stereocenters. The van der Waals surface area contributed by atoms with Crippen molar-refractivity contribution < 1.29 is 14.4 Å². The molecule has 1 N–H and O–H groups in total. The largest absolute Gasteiger partial charge is 0.469 e. The van der Waals surface area contributed by atoms with Crippen LogP contribution in [0.1, 0.15) is 30.4 Å². The van der Waals surface area contributed by atoms with E-state index in [4.69, 9.17) is 9.57 Å². The molecule has 0 saturated carbocycles. The van der Waals surface area contributed by atoms with Gasteiger partial charge in [0.05, 0.1) is 19.6 Å². The number of ether oxygens (including phenoxy) is 1. The summed E-state index contributed by atoms with van der Waals surface area (Å²) >= 11 is 0. The van der Waals surface area contributed by atoms with Gasteiger partial charge in [0.15, 0.2) is 0 Å². The van der Waals surface area contributed by atoms with E-state index in [0.29, 0.717) is 19.1 Å². The standard InChI is InChI=1S/C24H32N2O3/c1-28-24(27)23(17-25-29-19-22-10-6-3-7-11-22)16-20-12-14-26(15-13-20)18-21-8-4-2-5-9-21/h2-11,20,23,25H,12-19H2,1H3. The molecule has 156 valence electrons. The number of carbonyl (C=O) groups is 1. The van der Waals surface area contributed by atoms with Crippen LogP contribution in [0.3, 0.4) is 0 Å². The first-order chi connectivity index (χ1) is 14.2. The van der Waals surface area contributed by atoms with Crippen LogP contribution in [0.5, 0.6) is 0 Å². The zero-order valence-corrected chi connectivity index (χ0v) is 17.3. The second-order valence-electron chi connectivity index (χ2n) is 7.78. The Labute approximate surface area is 174 Å². The minimum Gasteiger partial charge on any atom is -0.469 e. The fourth-order valence-corrected chi connectivity index (χ4v) is 3.92. The number of hydroxylamine groups is 1. The van der Waals surface area contributed by atoms with E-state index < -0.39 is 0 Å². The molecule has 1 aliphatic rings. The molecule has 0 spiro atoms. The zero-order valence-electron chi connectivity index (χ0n) is 17.3. The van der Waals surface area contributed by atoms with Gasteiger partial charge in [-0.05, 0) is 49.4 Å². The molecular weight excluding hydrogens is 364 g/mol. The number of benzene rings is 2. The Morgan fingerprint density at radius 1 is 1.03 bits per heavy atom. The van der Waals surface area contributed by atoms with Gasteiger partial charge in [-0.1, -0.05) is 60.7 Å². The molecule has 1 saturated heterocycles. The smallest absolute Gasteiger partial charge is 0.310 e. The summed E-state index contributed by atoms with van der Waals surface area (Å²) in [6.45, 7) is 4.11. The summed E-state index contributed by atoms with van der Waals surface area (Å²) in [5.74, 6) is 0.205. The molecule has 1 atom stereocenters. The predicted molar refractivity (Wildman–Crippen MR) is 114 cm³/mol. The summed E-state index contributed by atoms with van der Waals surface area (Å²) in [7, 11) is 1.46. The van der Waals surface area contributed by atoms with Crippen LogP contribution in [-0.2, 0) is 27.5 Å². The van der Waals surface area contributed by atoms with Crippen molar-refractivity contribution in [1.82, 2.24) is 10.4 Å². The van der Waals surface area contributed by atoms with Crippen LogP contribution in [0.2, 0.25) is 0 Å². The minimum absolute atomic E-state index is 0.160. The number of hydrogen-bond acceptors (Lipinski definition) is 5. The molecule has 0 radical (unpaired) electrons. The fourth-order valence-electron chi connectivity index (χ4n) is 3.92. The number of methoxy groups -OCH3 is 1. The van der Waals surface area contributed by atoms with E-state index in [0.717, 1.165) is 44.5 Å². The van der Waals surface area contributed by atoms with E-state index in [1.807, 2.05) is 30.3 Å². The number of piperidine rings is 1. The molecule has 3 rings (SSSR count). The molecule has 0 aliphatic carbocycles. The molecule has 2 aromatic carbocycles. The Hall–Kier alpha value is -2.21. The van der Waals surface area contributed by atoms with E-state index in [1.54, 1.807) is 0 Å². The van der Waals surface area contributed by atoms with Gasteiger partial charge in [-0.2, -0.15) is 0 Å². The molecule has 1 fully saturated rings. The molecule has 1 aliphatic heterocycles. The second kappa shape index (κ2) is 11.7. The Morgan fingerprint density at radius 3 is 2.28 bits per heavy atom. The van der Waals surface area contributed by atoms with Gasteiger partial charge in [-0.15, -0.1) is 0 Å². The number of likely N-dealkylation sites (tertiary alicyclic amines) is 1. The number of nitrogens with one attached hydrogen (secondary N) is 1. The van der Waals surface area contributed by atoms with Crippen molar-refractivity contribution in [1.29, 1.82) is 0 Å². The summed E-state index contributed by atoms with van der Waals surface area (Å²) in [5, 5.41) is 0. The molecule has 1 heterocycles. The van der Waals surface area contributed by atoms with Crippen molar-refractivity contribution in [2.75, 3.05) is 26.7 Å². The van der Waals surface area contributed by atoms with Crippen molar-refractivity contribution in [2.24, 2.45) is 11.8 Å². The third-order valence-electron chi connectivity index (χ3n) is 5.62. The van der Waals surface area contributed by atoms with Crippen molar-refractivity contribution in [3.63, 3.8) is 0 Å². The fraction of sp³-hybridized carbons (Fsp3) is 0.458. The summed E-state index contributed by atoms with van der Waals surface area (Å²) in [6.07, 6.45) is 3.07. The lowest BCUT2D eigenvalue weighted by molar-refractivity contribution is -0.147. The van der Waals surface area contributed by atoms with Crippen LogP contribution in [0, 0.1) is 11.8 Å². The maximum atomic E-state index is 12.2. The average Bonchev–Trinajstić information content (AvgIpc) is 2.78. The third kappa shape index (κ3) is 7.28. The quantitative estimate of drug-likeness (QED) is 0.376. The highest BCUT2D eigenvalue weighted by Crippen LogP contribution is 2.25. The maximum Gasteiger partial charge on any atom is 0.310 e. The summed E-state index contributed by atoms with van der Waals surface area (Å²) in [5.41, 5.74) is 5.43. The normalized spacial score (nSPS) is 16.4. The Bertz CT molecular complexity index is 715. The molecule has 5 nitrogen and oxygen atoms in total. The highest BCUT2D eigenvalue weighted by Gasteiger charge is 2.27. The van der Waals surface area contributed by atoms with Crippen molar-refractivity contribution in [2.45, 2.75) is 32.4 Å². The van der Waals surface area contributed by atoms with Gasteiger partial charge < -0.3 is 4.74 Å². The number of carbonyl (C=O) groups excluding carboxylic acids is 1. The van der Waals surface area contributed by atoms with E-state index in [1.165, 1.54) is 12.7 Å². The molecule has 2 aromatic rings. The van der Waals surface area contributed by atoms with Gasteiger partial charge in [0, 0.05) is 13.1 Å². The molecule has 0 aromatic heterocycles. The monoisotopic (exact) mass is 396 g/mol. The van der Waals surface area contributed by atoms with Gasteiger partial charge in [-0.25, -0.2) is 5.48 Å². The molecule has 0 amide bonds. The number of hydrogen-bond donors (Lipinski definition) is 1. The lowest BCUT2D eigenvalue weighted by Crippen LogP contribution is -2.36. The van der Waals surface area contributed by atoms with E-state index in [2.05, 4.69) is 40.7 Å². The number of rotatable bonds is 10. The van der Waals surface area contributed by atoms with Crippen LogP contribution in [0.25, 0.3) is 0 Å². The van der Waals surface area contributed by atoms with Crippen LogP contribution >= 0.6 is 0 Å².